The summed E-state index contributed by atoms with van der Waals surface area (Å²) in [5, 5.41) is 6.99. The molecular formula is C13H22N4. The van der Waals surface area contributed by atoms with Gasteiger partial charge in [-0.25, -0.2) is 4.98 Å². The van der Waals surface area contributed by atoms with Crippen LogP contribution in [-0.2, 0) is 0 Å². The van der Waals surface area contributed by atoms with Gasteiger partial charge in [0.15, 0.2) is 0 Å². The number of nitrogens with one attached hydrogen (secondary N) is 2. The molecule has 0 amide bonds. The highest BCUT2D eigenvalue weighted by Crippen LogP contribution is 2.16. The standard InChI is InChI=1S/C13H22N4/c1-17(2)13-6-5-12(10-15-13)16-11-4-3-8-14-9-7-11/h5-6,10-11,14,16H,3-4,7-9H2,1-2H3/t11-/m1/s1. The van der Waals surface area contributed by atoms with Gasteiger partial charge in [0.05, 0.1) is 11.9 Å². The normalized spacial score (nSPS) is 20.7. The van der Waals surface area contributed by atoms with Crippen molar-refractivity contribution in [2.45, 2.75) is 25.3 Å². The van der Waals surface area contributed by atoms with Crippen LogP contribution in [0.15, 0.2) is 18.3 Å². The minimum Gasteiger partial charge on any atom is -0.381 e. The first-order valence-corrected chi connectivity index (χ1v) is 6.36. The molecule has 94 valence electrons. The molecule has 1 aromatic heterocycles. The summed E-state index contributed by atoms with van der Waals surface area (Å²) in [7, 11) is 4.01. The lowest BCUT2D eigenvalue weighted by molar-refractivity contribution is 0.637. The molecule has 0 spiro atoms. The first kappa shape index (κ1) is 12.2. The maximum Gasteiger partial charge on any atom is 0.128 e. The summed E-state index contributed by atoms with van der Waals surface area (Å²) in [6.07, 6.45) is 5.60. The number of hydrogen-bond donors (Lipinski definition) is 2. The Balaban J connectivity index is 1.93. The molecule has 1 aliphatic rings. The Morgan fingerprint density at radius 3 is 2.88 bits per heavy atom. The third-order valence-electron chi connectivity index (χ3n) is 3.15. The molecule has 1 aromatic rings. The molecule has 1 atom stereocenters. The molecule has 0 aromatic carbocycles. The minimum absolute atomic E-state index is 0.581. The van der Waals surface area contributed by atoms with Gasteiger partial charge in [-0.05, 0) is 44.5 Å². The SMILES string of the molecule is CN(C)c1ccc(N[C@@H]2CCCNCC2)cn1. The summed E-state index contributed by atoms with van der Waals surface area (Å²) in [5.74, 6) is 0.998. The second-order valence-corrected chi connectivity index (χ2v) is 4.82. The fourth-order valence-corrected chi connectivity index (χ4v) is 2.14. The topological polar surface area (TPSA) is 40.2 Å². The van der Waals surface area contributed by atoms with Gasteiger partial charge in [0.25, 0.3) is 0 Å². The summed E-state index contributed by atoms with van der Waals surface area (Å²) in [6, 6.07) is 4.75. The Morgan fingerprint density at radius 2 is 2.18 bits per heavy atom. The Hall–Kier alpha value is -1.29. The van der Waals surface area contributed by atoms with E-state index in [9.17, 15) is 0 Å². The summed E-state index contributed by atoms with van der Waals surface area (Å²) in [4.78, 5) is 6.43. The van der Waals surface area contributed by atoms with E-state index in [0.717, 1.165) is 24.6 Å². The van der Waals surface area contributed by atoms with Crippen molar-refractivity contribution in [2.75, 3.05) is 37.4 Å². The molecule has 2 rings (SSSR count). The molecule has 0 saturated carbocycles. The molecule has 0 bridgehead atoms. The molecule has 17 heavy (non-hydrogen) atoms. The van der Waals surface area contributed by atoms with Gasteiger partial charge in [-0.1, -0.05) is 0 Å². The van der Waals surface area contributed by atoms with Crippen LogP contribution in [0.25, 0.3) is 0 Å². The minimum atomic E-state index is 0.581. The van der Waals surface area contributed by atoms with Gasteiger partial charge in [-0.3, -0.25) is 0 Å². The van der Waals surface area contributed by atoms with Crippen molar-refractivity contribution in [3.05, 3.63) is 18.3 Å². The van der Waals surface area contributed by atoms with Crippen molar-refractivity contribution >= 4 is 11.5 Å². The number of aromatic nitrogens is 1. The molecule has 0 unspecified atom stereocenters. The van der Waals surface area contributed by atoms with E-state index in [4.69, 9.17) is 0 Å². The molecule has 1 saturated heterocycles. The zero-order valence-corrected chi connectivity index (χ0v) is 10.7. The monoisotopic (exact) mass is 234 g/mol. The third-order valence-corrected chi connectivity index (χ3v) is 3.15. The predicted octanol–water partition coefficient (Wildman–Crippen LogP) is 1.70. The largest absolute Gasteiger partial charge is 0.381 e. The highest BCUT2D eigenvalue weighted by atomic mass is 15.1. The summed E-state index contributed by atoms with van der Waals surface area (Å²) in [6.45, 7) is 2.26. The van der Waals surface area contributed by atoms with Crippen molar-refractivity contribution < 1.29 is 0 Å². The van der Waals surface area contributed by atoms with Crippen molar-refractivity contribution in [2.24, 2.45) is 0 Å². The fraction of sp³-hybridized carbons (Fsp3) is 0.615. The van der Waals surface area contributed by atoms with Crippen LogP contribution in [0.1, 0.15) is 19.3 Å². The van der Waals surface area contributed by atoms with Gasteiger partial charge in [0, 0.05) is 20.1 Å². The van der Waals surface area contributed by atoms with Gasteiger partial charge >= 0.3 is 0 Å². The van der Waals surface area contributed by atoms with Crippen molar-refractivity contribution in [1.82, 2.24) is 10.3 Å². The van der Waals surface area contributed by atoms with Crippen LogP contribution < -0.4 is 15.5 Å². The van der Waals surface area contributed by atoms with Crippen LogP contribution in [0.3, 0.4) is 0 Å². The summed E-state index contributed by atoms with van der Waals surface area (Å²) < 4.78 is 0. The Kier molecular flexibility index (Phi) is 4.20. The van der Waals surface area contributed by atoms with Gasteiger partial charge in [-0.2, -0.15) is 0 Å². The highest BCUT2D eigenvalue weighted by molar-refractivity contribution is 5.48. The second kappa shape index (κ2) is 5.87. The molecule has 1 fully saturated rings. The molecule has 2 heterocycles. The Morgan fingerprint density at radius 1 is 1.29 bits per heavy atom. The highest BCUT2D eigenvalue weighted by Gasteiger charge is 2.11. The van der Waals surface area contributed by atoms with E-state index in [1.54, 1.807) is 0 Å². The van der Waals surface area contributed by atoms with Crippen LogP contribution in [-0.4, -0.2) is 38.2 Å². The molecule has 2 N–H and O–H groups in total. The van der Waals surface area contributed by atoms with Crippen LogP contribution >= 0.6 is 0 Å². The second-order valence-electron chi connectivity index (χ2n) is 4.82. The van der Waals surface area contributed by atoms with Crippen LogP contribution in [0.2, 0.25) is 0 Å². The van der Waals surface area contributed by atoms with Gasteiger partial charge in [-0.15, -0.1) is 0 Å². The zero-order chi connectivity index (χ0) is 12.1. The van der Waals surface area contributed by atoms with E-state index >= 15 is 0 Å². The first-order valence-electron chi connectivity index (χ1n) is 6.36. The summed E-state index contributed by atoms with van der Waals surface area (Å²) >= 11 is 0. The lowest BCUT2D eigenvalue weighted by Crippen LogP contribution is -2.21. The molecule has 1 aliphatic heterocycles. The molecule has 0 radical (unpaired) electrons. The van der Waals surface area contributed by atoms with Gasteiger partial charge in [0.1, 0.15) is 5.82 Å². The first-order chi connectivity index (χ1) is 8.25. The average Bonchev–Trinajstić information content (AvgIpc) is 2.58. The van der Waals surface area contributed by atoms with Crippen LogP contribution in [0, 0.1) is 0 Å². The number of nitrogens with zero attached hydrogens (tertiary/aromatic N) is 2. The fourth-order valence-electron chi connectivity index (χ4n) is 2.14. The van der Waals surface area contributed by atoms with E-state index in [1.807, 2.05) is 25.2 Å². The van der Waals surface area contributed by atoms with Crippen LogP contribution in [0.5, 0.6) is 0 Å². The van der Waals surface area contributed by atoms with Crippen molar-refractivity contribution in [3.63, 3.8) is 0 Å². The lowest BCUT2D eigenvalue weighted by atomic mass is 10.1. The van der Waals surface area contributed by atoms with E-state index in [0.29, 0.717) is 6.04 Å². The summed E-state index contributed by atoms with van der Waals surface area (Å²) in [5.41, 5.74) is 1.13. The van der Waals surface area contributed by atoms with E-state index in [1.165, 1.54) is 19.3 Å². The van der Waals surface area contributed by atoms with E-state index in [-0.39, 0.29) is 0 Å². The maximum absolute atomic E-state index is 4.41. The third kappa shape index (κ3) is 3.60. The van der Waals surface area contributed by atoms with E-state index in [2.05, 4.69) is 27.8 Å². The van der Waals surface area contributed by atoms with Gasteiger partial charge in [0.2, 0.25) is 0 Å². The number of hydrogen-bond acceptors (Lipinski definition) is 4. The quantitative estimate of drug-likeness (QED) is 0.835. The van der Waals surface area contributed by atoms with Crippen molar-refractivity contribution in [3.8, 4) is 0 Å². The Bertz CT molecular complexity index is 326. The number of pyridine rings is 1. The molecule has 4 heteroatoms. The van der Waals surface area contributed by atoms with Crippen molar-refractivity contribution in [1.29, 1.82) is 0 Å². The van der Waals surface area contributed by atoms with E-state index < -0.39 is 0 Å². The Labute approximate surface area is 103 Å². The van der Waals surface area contributed by atoms with Gasteiger partial charge < -0.3 is 15.5 Å². The molecule has 0 aliphatic carbocycles. The predicted molar refractivity (Wildman–Crippen MR) is 72.7 cm³/mol. The molecule has 4 nitrogen and oxygen atoms in total. The average molecular weight is 234 g/mol. The lowest BCUT2D eigenvalue weighted by Gasteiger charge is -2.18. The number of rotatable bonds is 3. The van der Waals surface area contributed by atoms with Crippen LogP contribution in [0.4, 0.5) is 11.5 Å². The maximum atomic E-state index is 4.41. The smallest absolute Gasteiger partial charge is 0.128 e. The zero-order valence-electron chi connectivity index (χ0n) is 10.7. The molecular weight excluding hydrogens is 212 g/mol. The number of anilines is 2.